The maximum atomic E-state index is 5.89. The molecule has 0 amide bonds. The molecule has 1 atom stereocenters. The summed E-state index contributed by atoms with van der Waals surface area (Å²) >= 11 is 0. The van der Waals surface area contributed by atoms with Gasteiger partial charge in [-0.25, -0.2) is 0 Å². The largest absolute Gasteiger partial charge is 0.375 e. The molecule has 2 rings (SSSR count). The summed E-state index contributed by atoms with van der Waals surface area (Å²) in [6, 6.07) is 6.42. The van der Waals surface area contributed by atoms with Crippen molar-refractivity contribution in [3.63, 3.8) is 0 Å². The molecule has 0 aromatic heterocycles. The number of benzene rings is 1. The van der Waals surface area contributed by atoms with Crippen LogP contribution < -0.4 is 5.73 Å². The zero-order chi connectivity index (χ0) is 10.6. The van der Waals surface area contributed by atoms with Crippen LogP contribution in [-0.2, 0) is 11.3 Å². The molecule has 78 valence electrons. The Morgan fingerprint density at radius 2 is 2.07 bits per heavy atom. The van der Waals surface area contributed by atoms with Crippen molar-refractivity contribution in [2.45, 2.75) is 33.4 Å². The summed E-state index contributed by atoms with van der Waals surface area (Å²) < 4.78 is 5.32. The van der Waals surface area contributed by atoms with Gasteiger partial charge in [0.05, 0.1) is 19.3 Å². The Labute approximate surface area is 86.1 Å². The van der Waals surface area contributed by atoms with Crippen molar-refractivity contribution in [1.29, 1.82) is 0 Å². The highest BCUT2D eigenvalue weighted by Gasteiger charge is 2.16. The van der Waals surface area contributed by atoms with Crippen LogP contribution in [-0.4, -0.2) is 6.61 Å². The Balaban J connectivity index is 0.000000461. The molecule has 0 radical (unpaired) electrons. The molecule has 0 saturated heterocycles. The summed E-state index contributed by atoms with van der Waals surface area (Å²) in [5, 5.41) is 0. The number of fused-ring (bicyclic) bond motifs is 1. The van der Waals surface area contributed by atoms with Crippen molar-refractivity contribution in [3.8, 4) is 0 Å². The lowest BCUT2D eigenvalue weighted by atomic mass is 9.98. The number of ether oxygens (including phenoxy) is 1. The summed E-state index contributed by atoms with van der Waals surface area (Å²) in [6.07, 6.45) is 0. The van der Waals surface area contributed by atoms with E-state index in [0.29, 0.717) is 13.2 Å². The van der Waals surface area contributed by atoms with Gasteiger partial charge in [-0.1, -0.05) is 37.6 Å². The quantitative estimate of drug-likeness (QED) is 0.687. The lowest BCUT2D eigenvalue weighted by Gasteiger charge is -2.22. The Morgan fingerprint density at radius 3 is 2.79 bits per heavy atom. The van der Waals surface area contributed by atoms with E-state index in [4.69, 9.17) is 10.5 Å². The van der Waals surface area contributed by atoms with E-state index in [1.807, 2.05) is 13.8 Å². The maximum absolute atomic E-state index is 5.89. The minimum Gasteiger partial charge on any atom is -0.375 e. The zero-order valence-corrected chi connectivity index (χ0v) is 9.21. The SMILES string of the molecule is CC.Cc1ccc2c(c1)C(N)COC2. The summed E-state index contributed by atoms with van der Waals surface area (Å²) in [7, 11) is 0. The standard InChI is InChI=1S/C10H13NO.C2H6/c1-7-2-3-8-5-12-6-10(11)9(8)4-7;1-2/h2-4,10H,5-6,11H2,1H3;1-2H3. The van der Waals surface area contributed by atoms with Crippen molar-refractivity contribution in [2.75, 3.05) is 6.61 Å². The van der Waals surface area contributed by atoms with Gasteiger partial charge in [0.25, 0.3) is 0 Å². The maximum Gasteiger partial charge on any atom is 0.0721 e. The first-order valence-corrected chi connectivity index (χ1v) is 5.20. The molecule has 1 aromatic rings. The molecule has 0 bridgehead atoms. The van der Waals surface area contributed by atoms with Crippen LogP contribution in [0.4, 0.5) is 0 Å². The highest BCUT2D eigenvalue weighted by molar-refractivity contribution is 5.34. The van der Waals surface area contributed by atoms with Gasteiger partial charge in [-0.3, -0.25) is 0 Å². The first kappa shape index (κ1) is 11.2. The van der Waals surface area contributed by atoms with E-state index in [-0.39, 0.29) is 6.04 Å². The molecule has 0 fully saturated rings. The Hall–Kier alpha value is -0.860. The number of hydrogen-bond donors (Lipinski definition) is 1. The van der Waals surface area contributed by atoms with Gasteiger partial charge >= 0.3 is 0 Å². The van der Waals surface area contributed by atoms with E-state index in [9.17, 15) is 0 Å². The van der Waals surface area contributed by atoms with E-state index >= 15 is 0 Å². The molecule has 2 nitrogen and oxygen atoms in total. The Kier molecular flexibility index (Phi) is 4.11. The van der Waals surface area contributed by atoms with Crippen LogP contribution in [0, 0.1) is 6.92 Å². The smallest absolute Gasteiger partial charge is 0.0721 e. The molecular weight excluding hydrogens is 174 g/mol. The van der Waals surface area contributed by atoms with E-state index in [1.54, 1.807) is 0 Å². The summed E-state index contributed by atoms with van der Waals surface area (Å²) in [4.78, 5) is 0. The highest BCUT2D eigenvalue weighted by atomic mass is 16.5. The topological polar surface area (TPSA) is 35.2 Å². The first-order valence-electron chi connectivity index (χ1n) is 5.20. The number of rotatable bonds is 0. The van der Waals surface area contributed by atoms with Crippen LogP contribution in [0.15, 0.2) is 18.2 Å². The van der Waals surface area contributed by atoms with Crippen LogP contribution in [0.1, 0.15) is 36.6 Å². The molecule has 1 aromatic carbocycles. The van der Waals surface area contributed by atoms with Crippen LogP contribution in [0.2, 0.25) is 0 Å². The predicted molar refractivity (Wildman–Crippen MR) is 59.1 cm³/mol. The van der Waals surface area contributed by atoms with Gasteiger partial charge in [-0.05, 0) is 18.1 Å². The third kappa shape index (κ3) is 2.34. The molecule has 0 aliphatic carbocycles. The summed E-state index contributed by atoms with van der Waals surface area (Å²) in [5.74, 6) is 0. The van der Waals surface area contributed by atoms with E-state index in [1.165, 1.54) is 16.7 Å². The second-order valence-electron chi connectivity index (χ2n) is 3.32. The molecule has 1 unspecified atom stereocenters. The number of hydrogen-bond acceptors (Lipinski definition) is 2. The van der Waals surface area contributed by atoms with Crippen LogP contribution >= 0.6 is 0 Å². The van der Waals surface area contributed by atoms with E-state index in [2.05, 4.69) is 25.1 Å². The van der Waals surface area contributed by atoms with Gasteiger partial charge in [0.1, 0.15) is 0 Å². The molecule has 0 spiro atoms. The van der Waals surface area contributed by atoms with Gasteiger partial charge in [0.2, 0.25) is 0 Å². The Morgan fingerprint density at radius 1 is 1.36 bits per heavy atom. The molecule has 2 N–H and O–H groups in total. The molecule has 14 heavy (non-hydrogen) atoms. The van der Waals surface area contributed by atoms with Gasteiger partial charge in [-0.2, -0.15) is 0 Å². The number of aryl methyl sites for hydroxylation is 1. The zero-order valence-electron chi connectivity index (χ0n) is 9.21. The molecule has 0 saturated carbocycles. The summed E-state index contributed by atoms with van der Waals surface area (Å²) in [5.41, 5.74) is 9.65. The fourth-order valence-electron chi connectivity index (χ4n) is 1.58. The van der Waals surface area contributed by atoms with Gasteiger partial charge in [0, 0.05) is 0 Å². The van der Waals surface area contributed by atoms with Crippen molar-refractivity contribution in [3.05, 3.63) is 34.9 Å². The van der Waals surface area contributed by atoms with Crippen LogP contribution in [0.5, 0.6) is 0 Å². The van der Waals surface area contributed by atoms with Gasteiger partial charge in [-0.15, -0.1) is 0 Å². The van der Waals surface area contributed by atoms with Crippen molar-refractivity contribution >= 4 is 0 Å². The third-order valence-electron chi connectivity index (χ3n) is 2.26. The Bertz CT molecular complexity index is 296. The van der Waals surface area contributed by atoms with Crippen molar-refractivity contribution in [2.24, 2.45) is 5.73 Å². The van der Waals surface area contributed by atoms with Crippen molar-refractivity contribution in [1.82, 2.24) is 0 Å². The lowest BCUT2D eigenvalue weighted by Crippen LogP contribution is -2.23. The fraction of sp³-hybridized carbons (Fsp3) is 0.500. The second kappa shape index (κ2) is 5.13. The van der Waals surface area contributed by atoms with Gasteiger partial charge < -0.3 is 10.5 Å². The normalized spacial score (nSPS) is 19.3. The average molecular weight is 193 g/mol. The molecular formula is C12H19NO. The monoisotopic (exact) mass is 193 g/mol. The third-order valence-corrected chi connectivity index (χ3v) is 2.26. The summed E-state index contributed by atoms with van der Waals surface area (Å²) in [6.45, 7) is 7.45. The molecule has 1 aliphatic rings. The molecule has 1 heterocycles. The predicted octanol–water partition coefficient (Wildman–Crippen LogP) is 2.55. The second-order valence-corrected chi connectivity index (χ2v) is 3.32. The molecule has 1 aliphatic heterocycles. The van der Waals surface area contributed by atoms with Gasteiger partial charge in [0.15, 0.2) is 0 Å². The van der Waals surface area contributed by atoms with Crippen LogP contribution in [0.3, 0.4) is 0 Å². The minimum atomic E-state index is 0.0636. The number of nitrogens with two attached hydrogens (primary N) is 1. The van der Waals surface area contributed by atoms with E-state index in [0.717, 1.165) is 0 Å². The van der Waals surface area contributed by atoms with E-state index < -0.39 is 0 Å². The highest BCUT2D eigenvalue weighted by Crippen LogP contribution is 2.23. The molecule has 2 heteroatoms. The minimum absolute atomic E-state index is 0.0636. The van der Waals surface area contributed by atoms with Crippen molar-refractivity contribution < 1.29 is 4.74 Å². The fourth-order valence-corrected chi connectivity index (χ4v) is 1.58. The van der Waals surface area contributed by atoms with Crippen LogP contribution in [0.25, 0.3) is 0 Å². The lowest BCUT2D eigenvalue weighted by molar-refractivity contribution is 0.0924. The average Bonchev–Trinajstić information content (AvgIpc) is 2.22. The first-order chi connectivity index (χ1) is 6.77.